The summed E-state index contributed by atoms with van der Waals surface area (Å²) in [4.78, 5) is 22.4. The molecular formula is C13H22O5. The lowest BCUT2D eigenvalue weighted by Gasteiger charge is -2.06. The summed E-state index contributed by atoms with van der Waals surface area (Å²) in [6.45, 7) is 3.72. The number of ether oxygens (including phenoxy) is 2. The van der Waals surface area contributed by atoms with Crippen LogP contribution in [-0.4, -0.2) is 36.9 Å². The Labute approximate surface area is 108 Å². The standard InChI is InChI=1S/C13H22O5/c1-3-11(2)13(16)18-10-9-17-12(15)7-5-4-6-8-14/h3,14H,4-10H2,1-2H3/b11-3+. The molecule has 0 aliphatic heterocycles. The highest BCUT2D eigenvalue weighted by molar-refractivity contribution is 5.87. The minimum atomic E-state index is -0.392. The van der Waals surface area contributed by atoms with Gasteiger partial charge in [-0.1, -0.05) is 12.5 Å². The predicted octanol–water partition coefficient (Wildman–Crippen LogP) is 1.59. The summed E-state index contributed by atoms with van der Waals surface area (Å²) < 4.78 is 9.76. The number of hydrogen-bond acceptors (Lipinski definition) is 5. The maximum atomic E-state index is 11.2. The molecule has 0 aromatic heterocycles. The Morgan fingerprint density at radius 2 is 1.78 bits per heavy atom. The number of allylic oxidation sites excluding steroid dienone is 1. The molecule has 0 aliphatic rings. The van der Waals surface area contributed by atoms with E-state index in [1.807, 2.05) is 0 Å². The van der Waals surface area contributed by atoms with Gasteiger partial charge in [-0.3, -0.25) is 4.79 Å². The lowest BCUT2D eigenvalue weighted by molar-refractivity contribution is -0.150. The van der Waals surface area contributed by atoms with Gasteiger partial charge in [-0.2, -0.15) is 0 Å². The highest BCUT2D eigenvalue weighted by Gasteiger charge is 2.06. The van der Waals surface area contributed by atoms with E-state index in [0.29, 0.717) is 24.8 Å². The molecule has 0 aliphatic carbocycles. The van der Waals surface area contributed by atoms with Crippen LogP contribution < -0.4 is 0 Å². The van der Waals surface area contributed by atoms with Crippen molar-refractivity contribution in [1.82, 2.24) is 0 Å². The normalized spacial score (nSPS) is 11.2. The largest absolute Gasteiger partial charge is 0.462 e. The van der Waals surface area contributed by atoms with Gasteiger partial charge in [-0.25, -0.2) is 4.79 Å². The summed E-state index contributed by atoms with van der Waals surface area (Å²) >= 11 is 0. The van der Waals surface area contributed by atoms with E-state index in [1.54, 1.807) is 19.9 Å². The first-order valence-corrected chi connectivity index (χ1v) is 6.18. The van der Waals surface area contributed by atoms with Gasteiger partial charge in [0.05, 0.1) is 0 Å². The zero-order chi connectivity index (χ0) is 13.8. The van der Waals surface area contributed by atoms with E-state index in [0.717, 1.165) is 6.42 Å². The smallest absolute Gasteiger partial charge is 0.333 e. The first-order chi connectivity index (χ1) is 8.61. The van der Waals surface area contributed by atoms with Gasteiger partial charge in [0.1, 0.15) is 13.2 Å². The number of rotatable bonds is 9. The molecule has 0 rings (SSSR count). The lowest BCUT2D eigenvalue weighted by Crippen LogP contribution is -2.14. The quantitative estimate of drug-likeness (QED) is 0.386. The molecule has 0 aromatic rings. The zero-order valence-electron chi connectivity index (χ0n) is 11.1. The van der Waals surface area contributed by atoms with Crippen LogP contribution in [0, 0.1) is 0 Å². The van der Waals surface area contributed by atoms with Crippen molar-refractivity contribution in [2.75, 3.05) is 19.8 Å². The first-order valence-electron chi connectivity index (χ1n) is 6.18. The molecule has 0 radical (unpaired) electrons. The van der Waals surface area contributed by atoms with Gasteiger partial charge in [0.15, 0.2) is 0 Å². The first kappa shape index (κ1) is 16.6. The second-order valence-electron chi connectivity index (χ2n) is 3.86. The molecule has 0 spiro atoms. The molecule has 18 heavy (non-hydrogen) atoms. The number of aliphatic hydroxyl groups is 1. The third-order valence-corrected chi connectivity index (χ3v) is 2.37. The van der Waals surface area contributed by atoms with Crippen LogP contribution in [0.5, 0.6) is 0 Å². The van der Waals surface area contributed by atoms with E-state index in [4.69, 9.17) is 14.6 Å². The van der Waals surface area contributed by atoms with Gasteiger partial charge in [0.25, 0.3) is 0 Å². The summed E-state index contributed by atoms with van der Waals surface area (Å²) in [6.07, 6.45) is 4.21. The van der Waals surface area contributed by atoms with Gasteiger partial charge in [0.2, 0.25) is 0 Å². The highest BCUT2D eigenvalue weighted by Crippen LogP contribution is 2.01. The number of carbonyl (C=O) groups is 2. The molecule has 5 heteroatoms. The van der Waals surface area contributed by atoms with Crippen molar-refractivity contribution in [2.45, 2.75) is 39.5 Å². The van der Waals surface area contributed by atoms with Crippen molar-refractivity contribution in [3.63, 3.8) is 0 Å². The average Bonchev–Trinajstić information content (AvgIpc) is 2.38. The van der Waals surface area contributed by atoms with Gasteiger partial charge in [-0.05, 0) is 26.7 Å². The van der Waals surface area contributed by atoms with Gasteiger partial charge in [-0.15, -0.1) is 0 Å². The molecule has 1 N–H and O–H groups in total. The molecule has 0 aromatic carbocycles. The average molecular weight is 258 g/mol. The van der Waals surface area contributed by atoms with Crippen molar-refractivity contribution < 1.29 is 24.2 Å². The zero-order valence-corrected chi connectivity index (χ0v) is 11.1. The Hall–Kier alpha value is -1.36. The molecule has 0 saturated carbocycles. The van der Waals surface area contributed by atoms with Crippen molar-refractivity contribution in [3.05, 3.63) is 11.6 Å². The summed E-state index contributed by atoms with van der Waals surface area (Å²) in [5, 5.41) is 8.55. The number of aliphatic hydroxyl groups excluding tert-OH is 1. The number of esters is 2. The van der Waals surface area contributed by atoms with Crippen LogP contribution in [0.2, 0.25) is 0 Å². The van der Waals surface area contributed by atoms with E-state index in [-0.39, 0.29) is 25.8 Å². The van der Waals surface area contributed by atoms with Crippen molar-refractivity contribution in [2.24, 2.45) is 0 Å². The van der Waals surface area contributed by atoms with Gasteiger partial charge < -0.3 is 14.6 Å². The lowest BCUT2D eigenvalue weighted by atomic mass is 10.2. The van der Waals surface area contributed by atoms with Crippen LogP contribution in [0.15, 0.2) is 11.6 Å². The van der Waals surface area contributed by atoms with E-state index >= 15 is 0 Å². The van der Waals surface area contributed by atoms with Crippen molar-refractivity contribution in [1.29, 1.82) is 0 Å². The molecule has 104 valence electrons. The Morgan fingerprint density at radius 1 is 1.11 bits per heavy atom. The van der Waals surface area contributed by atoms with Crippen molar-refractivity contribution >= 4 is 11.9 Å². The topological polar surface area (TPSA) is 72.8 Å². The molecule has 0 heterocycles. The fraction of sp³-hybridized carbons (Fsp3) is 0.692. The minimum absolute atomic E-state index is 0.0758. The summed E-state index contributed by atoms with van der Waals surface area (Å²) in [6, 6.07) is 0. The molecule has 5 nitrogen and oxygen atoms in total. The van der Waals surface area contributed by atoms with Crippen LogP contribution in [0.3, 0.4) is 0 Å². The summed E-state index contributed by atoms with van der Waals surface area (Å²) in [7, 11) is 0. The molecule has 0 fully saturated rings. The van der Waals surface area contributed by atoms with Crippen LogP contribution >= 0.6 is 0 Å². The molecule has 0 unspecified atom stereocenters. The molecule has 0 saturated heterocycles. The second-order valence-corrected chi connectivity index (χ2v) is 3.86. The fourth-order valence-electron chi connectivity index (χ4n) is 1.15. The Kier molecular flexibility index (Phi) is 9.96. The van der Waals surface area contributed by atoms with Gasteiger partial charge >= 0.3 is 11.9 Å². The number of carbonyl (C=O) groups excluding carboxylic acids is 2. The van der Waals surface area contributed by atoms with Crippen LogP contribution in [-0.2, 0) is 19.1 Å². The third-order valence-electron chi connectivity index (χ3n) is 2.37. The molecule has 0 amide bonds. The second kappa shape index (κ2) is 10.8. The SMILES string of the molecule is C/C=C(\C)C(=O)OCCOC(=O)CCCCCO. The van der Waals surface area contributed by atoms with Gasteiger partial charge in [0, 0.05) is 18.6 Å². The Bertz CT molecular complexity index is 283. The van der Waals surface area contributed by atoms with Crippen LogP contribution in [0.4, 0.5) is 0 Å². The summed E-state index contributed by atoms with van der Waals surface area (Å²) in [5.74, 6) is -0.691. The Balaban J connectivity index is 3.49. The van der Waals surface area contributed by atoms with E-state index in [9.17, 15) is 9.59 Å². The minimum Gasteiger partial charge on any atom is -0.462 e. The summed E-state index contributed by atoms with van der Waals surface area (Å²) in [5.41, 5.74) is 0.533. The molecule has 0 atom stereocenters. The molecular weight excluding hydrogens is 236 g/mol. The maximum Gasteiger partial charge on any atom is 0.333 e. The van der Waals surface area contributed by atoms with Crippen molar-refractivity contribution in [3.8, 4) is 0 Å². The van der Waals surface area contributed by atoms with E-state index in [2.05, 4.69) is 0 Å². The third kappa shape index (κ3) is 8.75. The Morgan fingerprint density at radius 3 is 2.39 bits per heavy atom. The van der Waals surface area contributed by atoms with E-state index in [1.165, 1.54) is 0 Å². The fourth-order valence-corrected chi connectivity index (χ4v) is 1.15. The number of hydrogen-bond donors (Lipinski definition) is 1. The number of unbranched alkanes of at least 4 members (excludes halogenated alkanes) is 2. The predicted molar refractivity (Wildman–Crippen MR) is 66.9 cm³/mol. The van der Waals surface area contributed by atoms with Crippen LogP contribution in [0.25, 0.3) is 0 Å². The maximum absolute atomic E-state index is 11.2. The van der Waals surface area contributed by atoms with E-state index < -0.39 is 5.97 Å². The van der Waals surface area contributed by atoms with Crippen LogP contribution in [0.1, 0.15) is 39.5 Å². The highest BCUT2D eigenvalue weighted by atomic mass is 16.6. The monoisotopic (exact) mass is 258 g/mol. The molecule has 0 bridgehead atoms.